The highest BCUT2D eigenvalue weighted by atomic mass is 16.4. The number of carboxylic acid groups (broad SMARTS) is 1. The van der Waals surface area contributed by atoms with Crippen molar-refractivity contribution in [2.75, 3.05) is 7.05 Å². The molecule has 1 N–H and O–H groups in total. The van der Waals surface area contributed by atoms with Crippen LogP contribution in [-0.4, -0.2) is 28.9 Å². The zero-order chi connectivity index (χ0) is 15.2. The minimum atomic E-state index is -0.877. The number of carbonyl (C=O) groups is 2. The molecule has 1 aliphatic carbocycles. The highest BCUT2D eigenvalue weighted by molar-refractivity contribution is 5.81. The molecule has 0 atom stereocenters. The van der Waals surface area contributed by atoms with Crippen molar-refractivity contribution < 1.29 is 14.7 Å². The maximum atomic E-state index is 12.4. The molecule has 0 aromatic heterocycles. The monoisotopic (exact) mass is 287 g/mol. The van der Waals surface area contributed by atoms with Gasteiger partial charge in [-0.3, -0.25) is 9.59 Å². The highest BCUT2D eigenvalue weighted by Gasteiger charge is 2.17. The maximum absolute atomic E-state index is 12.4. The molecular formula is C17H21NO3. The molecule has 0 aliphatic heterocycles. The van der Waals surface area contributed by atoms with E-state index >= 15 is 0 Å². The number of amides is 1. The Morgan fingerprint density at radius 3 is 2.38 bits per heavy atom. The lowest BCUT2D eigenvalue weighted by Crippen LogP contribution is -2.28. The zero-order valence-electron chi connectivity index (χ0n) is 12.3. The Balaban J connectivity index is 2.08. The van der Waals surface area contributed by atoms with Gasteiger partial charge in [0.15, 0.2) is 0 Å². The van der Waals surface area contributed by atoms with Gasteiger partial charge in [-0.2, -0.15) is 0 Å². The summed E-state index contributed by atoms with van der Waals surface area (Å²) in [7, 11) is 1.80. The third kappa shape index (κ3) is 4.18. The molecule has 1 aromatic carbocycles. The van der Waals surface area contributed by atoms with Crippen molar-refractivity contribution in [1.82, 2.24) is 4.90 Å². The number of likely N-dealkylation sites (N-methyl/N-ethyl adjacent to an activating group) is 1. The zero-order valence-corrected chi connectivity index (χ0v) is 12.3. The van der Waals surface area contributed by atoms with Crippen LogP contribution < -0.4 is 0 Å². The van der Waals surface area contributed by atoms with E-state index in [4.69, 9.17) is 5.11 Å². The Kier molecular flexibility index (Phi) is 5.14. The van der Waals surface area contributed by atoms with Crippen LogP contribution in [0.4, 0.5) is 0 Å². The lowest BCUT2D eigenvalue weighted by atomic mass is 10.00. The summed E-state index contributed by atoms with van der Waals surface area (Å²) in [6, 6.07) is 7.25. The van der Waals surface area contributed by atoms with E-state index in [0.29, 0.717) is 5.56 Å². The predicted octanol–water partition coefficient (Wildman–Crippen LogP) is 2.77. The van der Waals surface area contributed by atoms with Crippen LogP contribution in [0.25, 0.3) is 0 Å². The second kappa shape index (κ2) is 7.07. The largest absolute Gasteiger partial charge is 0.481 e. The van der Waals surface area contributed by atoms with Crippen LogP contribution >= 0.6 is 0 Å². The van der Waals surface area contributed by atoms with Crippen molar-refractivity contribution in [1.29, 1.82) is 0 Å². The number of benzene rings is 1. The van der Waals surface area contributed by atoms with E-state index in [2.05, 4.69) is 6.08 Å². The molecule has 0 fully saturated rings. The molecule has 4 heteroatoms. The van der Waals surface area contributed by atoms with Crippen LogP contribution in [0.2, 0.25) is 0 Å². The summed E-state index contributed by atoms with van der Waals surface area (Å²) in [6.07, 6.45) is 6.62. The molecule has 0 unspecified atom stereocenters. The summed E-state index contributed by atoms with van der Waals surface area (Å²) in [5, 5.41) is 8.93. The Hall–Kier alpha value is -2.10. The summed E-state index contributed by atoms with van der Waals surface area (Å²) < 4.78 is 0. The van der Waals surface area contributed by atoms with Crippen molar-refractivity contribution in [2.24, 2.45) is 0 Å². The number of allylic oxidation sites excluding steroid dienone is 2. The SMILES string of the molecule is CN(C(=O)Cc1ccccc1CC(=O)O)C1=CCCCC1. The van der Waals surface area contributed by atoms with Gasteiger partial charge in [-0.05, 0) is 36.8 Å². The summed E-state index contributed by atoms with van der Waals surface area (Å²) in [4.78, 5) is 25.0. The Morgan fingerprint density at radius 2 is 1.81 bits per heavy atom. The minimum Gasteiger partial charge on any atom is -0.481 e. The molecule has 1 aliphatic rings. The highest BCUT2D eigenvalue weighted by Crippen LogP contribution is 2.21. The Morgan fingerprint density at radius 1 is 1.14 bits per heavy atom. The van der Waals surface area contributed by atoms with E-state index in [1.54, 1.807) is 24.1 Å². The summed E-state index contributed by atoms with van der Waals surface area (Å²) >= 11 is 0. The van der Waals surface area contributed by atoms with Gasteiger partial charge in [-0.15, -0.1) is 0 Å². The van der Waals surface area contributed by atoms with Gasteiger partial charge in [0.25, 0.3) is 0 Å². The standard InChI is InChI=1S/C17H21NO3/c1-18(15-9-3-2-4-10-15)16(19)11-13-7-5-6-8-14(13)12-17(20)21/h5-9H,2-4,10-12H2,1H3,(H,20,21). The number of hydrogen-bond acceptors (Lipinski definition) is 2. The van der Waals surface area contributed by atoms with Crippen LogP contribution in [0.1, 0.15) is 36.8 Å². The van der Waals surface area contributed by atoms with Crippen LogP contribution in [0.15, 0.2) is 36.0 Å². The number of nitrogens with zero attached hydrogens (tertiary/aromatic N) is 1. The lowest BCUT2D eigenvalue weighted by molar-refractivity contribution is -0.136. The van der Waals surface area contributed by atoms with Crippen LogP contribution in [0.3, 0.4) is 0 Å². The topological polar surface area (TPSA) is 57.6 Å². The van der Waals surface area contributed by atoms with Crippen LogP contribution in [0.5, 0.6) is 0 Å². The summed E-state index contributed by atoms with van der Waals surface area (Å²) in [6.45, 7) is 0. The van der Waals surface area contributed by atoms with E-state index in [1.807, 2.05) is 12.1 Å². The Labute approximate surface area is 125 Å². The molecule has 0 saturated heterocycles. The molecule has 0 radical (unpaired) electrons. The van der Waals surface area contributed by atoms with Crippen molar-refractivity contribution in [3.8, 4) is 0 Å². The van der Waals surface area contributed by atoms with E-state index in [9.17, 15) is 9.59 Å². The molecular weight excluding hydrogens is 266 g/mol. The van der Waals surface area contributed by atoms with Crippen molar-refractivity contribution in [2.45, 2.75) is 38.5 Å². The van der Waals surface area contributed by atoms with Gasteiger partial charge in [0.05, 0.1) is 12.8 Å². The molecule has 2 rings (SSSR count). The number of rotatable bonds is 5. The molecule has 0 saturated carbocycles. The fourth-order valence-electron chi connectivity index (χ4n) is 2.63. The lowest BCUT2D eigenvalue weighted by Gasteiger charge is -2.24. The number of hydrogen-bond donors (Lipinski definition) is 1. The number of carbonyl (C=O) groups excluding carboxylic acids is 1. The van der Waals surface area contributed by atoms with E-state index in [-0.39, 0.29) is 18.7 Å². The van der Waals surface area contributed by atoms with Gasteiger partial charge < -0.3 is 10.0 Å². The molecule has 0 spiro atoms. The van der Waals surface area contributed by atoms with Crippen LogP contribution in [-0.2, 0) is 22.4 Å². The third-order valence-electron chi connectivity index (χ3n) is 3.87. The van der Waals surface area contributed by atoms with E-state index in [0.717, 1.165) is 30.5 Å². The van der Waals surface area contributed by atoms with Gasteiger partial charge in [-0.25, -0.2) is 0 Å². The number of aliphatic carboxylic acids is 1. The van der Waals surface area contributed by atoms with Gasteiger partial charge in [0.2, 0.25) is 5.91 Å². The minimum absolute atomic E-state index is 0.0148. The summed E-state index contributed by atoms with van der Waals surface area (Å²) in [5.74, 6) is -0.862. The van der Waals surface area contributed by atoms with Gasteiger partial charge in [0.1, 0.15) is 0 Å². The fourth-order valence-corrected chi connectivity index (χ4v) is 2.63. The van der Waals surface area contributed by atoms with Crippen molar-refractivity contribution in [3.05, 3.63) is 47.2 Å². The van der Waals surface area contributed by atoms with Gasteiger partial charge >= 0.3 is 5.97 Å². The molecule has 1 aromatic rings. The van der Waals surface area contributed by atoms with Gasteiger partial charge in [-0.1, -0.05) is 30.3 Å². The molecule has 21 heavy (non-hydrogen) atoms. The molecule has 0 heterocycles. The molecule has 0 bridgehead atoms. The van der Waals surface area contributed by atoms with Crippen LogP contribution in [0, 0.1) is 0 Å². The first-order valence-electron chi connectivity index (χ1n) is 7.32. The Bertz CT molecular complexity index is 563. The molecule has 4 nitrogen and oxygen atoms in total. The smallest absolute Gasteiger partial charge is 0.307 e. The summed E-state index contributed by atoms with van der Waals surface area (Å²) in [5.41, 5.74) is 2.60. The second-order valence-electron chi connectivity index (χ2n) is 5.41. The maximum Gasteiger partial charge on any atom is 0.307 e. The number of carboxylic acids is 1. The normalized spacial score (nSPS) is 14.4. The first-order valence-corrected chi connectivity index (χ1v) is 7.32. The van der Waals surface area contributed by atoms with E-state index < -0.39 is 5.97 Å². The van der Waals surface area contributed by atoms with Gasteiger partial charge in [0, 0.05) is 12.7 Å². The second-order valence-corrected chi connectivity index (χ2v) is 5.41. The first kappa shape index (κ1) is 15.3. The molecule has 112 valence electrons. The first-order chi connectivity index (χ1) is 10.1. The quantitative estimate of drug-likeness (QED) is 0.906. The average Bonchev–Trinajstić information content (AvgIpc) is 2.49. The van der Waals surface area contributed by atoms with Crippen molar-refractivity contribution in [3.63, 3.8) is 0 Å². The van der Waals surface area contributed by atoms with Crippen molar-refractivity contribution >= 4 is 11.9 Å². The average molecular weight is 287 g/mol. The van der Waals surface area contributed by atoms with E-state index in [1.165, 1.54) is 6.42 Å². The predicted molar refractivity (Wildman–Crippen MR) is 80.8 cm³/mol. The molecule has 1 amide bonds. The fraction of sp³-hybridized carbons (Fsp3) is 0.412. The third-order valence-corrected chi connectivity index (χ3v) is 3.87.